The molecule has 1 heterocycles. The molecule has 0 fully saturated rings. The molecule has 0 radical (unpaired) electrons. The molecule has 5 heteroatoms. The molecule has 0 saturated carbocycles. The lowest BCUT2D eigenvalue weighted by Crippen LogP contribution is -2.24. The fourth-order valence-electron chi connectivity index (χ4n) is 1.79. The first kappa shape index (κ1) is 16.1. The van der Waals surface area contributed by atoms with Crippen molar-refractivity contribution < 1.29 is 9.53 Å². The highest BCUT2D eigenvalue weighted by Gasteiger charge is 2.02. The normalized spacial score (nSPS) is 9.73. The second-order valence-corrected chi connectivity index (χ2v) is 5.89. The molecule has 1 aromatic heterocycles. The maximum Gasteiger partial charge on any atom is 0.407 e. The Balaban J connectivity index is 1.66. The van der Waals surface area contributed by atoms with Gasteiger partial charge in [0.05, 0.1) is 15.6 Å². The second-order valence-electron chi connectivity index (χ2n) is 4.69. The molecule has 0 unspecified atom stereocenters. The lowest BCUT2D eigenvalue weighted by Gasteiger charge is -2.05. The van der Waals surface area contributed by atoms with Crippen molar-refractivity contribution in [3.63, 3.8) is 0 Å². The molecule has 0 aliphatic heterocycles. The standard InChI is InChI=1S/C17H18N2O2S/c1-13-16(22-14(2)19-13)10-6-7-11-18-17(20)21-12-15-8-4-3-5-9-15/h3-5,8-9H,7,11-12H2,1-2H3,(H,18,20). The lowest BCUT2D eigenvalue weighted by atomic mass is 10.2. The second kappa shape index (κ2) is 8.20. The van der Waals surface area contributed by atoms with Crippen LogP contribution < -0.4 is 5.32 Å². The number of nitrogens with zero attached hydrogens (tertiary/aromatic N) is 1. The maximum atomic E-state index is 11.5. The van der Waals surface area contributed by atoms with Crippen LogP contribution in [0.5, 0.6) is 0 Å². The van der Waals surface area contributed by atoms with Gasteiger partial charge in [-0.15, -0.1) is 11.3 Å². The number of alkyl carbamates (subject to hydrolysis) is 1. The van der Waals surface area contributed by atoms with Crippen molar-refractivity contribution >= 4 is 17.4 Å². The van der Waals surface area contributed by atoms with Gasteiger partial charge >= 0.3 is 6.09 Å². The van der Waals surface area contributed by atoms with Crippen LogP contribution in [0, 0.1) is 25.7 Å². The summed E-state index contributed by atoms with van der Waals surface area (Å²) in [5, 5.41) is 3.70. The number of nitrogens with one attached hydrogen (secondary N) is 1. The molecule has 0 aliphatic rings. The number of rotatable bonds is 4. The minimum Gasteiger partial charge on any atom is -0.445 e. The summed E-state index contributed by atoms with van der Waals surface area (Å²) in [6.07, 6.45) is 0.159. The van der Waals surface area contributed by atoms with E-state index in [1.165, 1.54) is 0 Å². The molecular formula is C17H18N2O2S. The number of hydrogen-bond acceptors (Lipinski definition) is 4. The van der Waals surface area contributed by atoms with Crippen LogP contribution in [-0.4, -0.2) is 17.6 Å². The average Bonchev–Trinajstić information content (AvgIpc) is 2.84. The Bertz CT molecular complexity index is 684. The molecule has 2 aromatic rings. The number of carbonyl (C=O) groups excluding carboxylic acids is 1. The number of ether oxygens (including phenoxy) is 1. The van der Waals surface area contributed by atoms with E-state index in [1.54, 1.807) is 11.3 Å². The summed E-state index contributed by atoms with van der Waals surface area (Å²) in [6.45, 7) is 4.66. The number of benzene rings is 1. The van der Waals surface area contributed by atoms with E-state index in [4.69, 9.17) is 4.74 Å². The Kier molecular flexibility index (Phi) is 5.99. The Morgan fingerprint density at radius 3 is 2.77 bits per heavy atom. The molecule has 1 amide bonds. The lowest BCUT2D eigenvalue weighted by molar-refractivity contribution is 0.140. The van der Waals surface area contributed by atoms with Crippen LogP contribution in [0.1, 0.15) is 27.6 Å². The molecule has 4 nitrogen and oxygen atoms in total. The van der Waals surface area contributed by atoms with Crippen molar-refractivity contribution in [2.75, 3.05) is 6.54 Å². The summed E-state index contributed by atoms with van der Waals surface area (Å²) in [4.78, 5) is 16.8. The van der Waals surface area contributed by atoms with Gasteiger partial charge in [0.2, 0.25) is 0 Å². The van der Waals surface area contributed by atoms with Crippen molar-refractivity contribution in [3.8, 4) is 11.8 Å². The summed E-state index contributed by atoms with van der Waals surface area (Å²) in [6, 6.07) is 9.58. The molecule has 1 N–H and O–H groups in total. The number of hydrogen-bond donors (Lipinski definition) is 1. The van der Waals surface area contributed by atoms with Gasteiger partial charge in [0, 0.05) is 13.0 Å². The molecule has 114 valence electrons. The van der Waals surface area contributed by atoms with Gasteiger partial charge in [0.25, 0.3) is 0 Å². The third-order valence-electron chi connectivity index (χ3n) is 2.84. The van der Waals surface area contributed by atoms with E-state index in [2.05, 4.69) is 22.1 Å². The predicted octanol–water partition coefficient (Wildman–Crippen LogP) is 3.43. The largest absolute Gasteiger partial charge is 0.445 e. The zero-order valence-electron chi connectivity index (χ0n) is 12.7. The van der Waals surface area contributed by atoms with Gasteiger partial charge < -0.3 is 10.1 Å². The van der Waals surface area contributed by atoms with Crippen LogP contribution in [0.3, 0.4) is 0 Å². The highest BCUT2D eigenvalue weighted by Crippen LogP contribution is 2.15. The summed E-state index contributed by atoms with van der Waals surface area (Å²) in [7, 11) is 0. The maximum absolute atomic E-state index is 11.5. The topological polar surface area (TPSA) is 51.2 Å². The molecule has 0 aliphatic carbocycles. The van der Waals surface area contributed by atoms with Gasteiger partial charge in [-0.3, -0.25) is 0 Å². The van der Waals surface area contributed by atoms with E-state index >= 15 is 0 Å². The highest BCUT2D eigenvalue weighted by molar-refractivity contribution is 7.12. The minimum atomic E-state index is -0.421. The average molecular weight is 314 g/mol. The molecule has 0 bridgehead atoms. The van der Waals surface area contributed by atoms with E-state index in [9.17, 15) is 4.79 Å². The first-order valence-electron chi connectivity index (χ1n) is 7.02. The first-order valence-corrected chi connectivity index (χ1v) is 7.84. The van der Waals surface area contributed by atoms with Crippen molar-refractivity contribution in [1.82, 2.24) is 10.3 Å². The van der Waals surface area contributed by atoms with Crippen LogP contribution in [0.4, 0.5) is 4.79 Å². The van der Waals surface area contributed by atoms with Gasteiger partial charge in [0.1, 0.15) is 6.61 Å². The molecule has 0 atom stereocenters. The van der Waals surface area contributed by atoms with Crippen LogP contribution in [0.25, 0.3) is 0 Å². The van der Waals surface area contributed by atoms with Crippen LogP contribution in [0.15, 0.2) is 30.3 Å². The van der Waals surface area contributed by atoms with Gasteiger partial charge in [-0.25, -0.2) is 9.78 Å². The van der Waals surface area contributed by atoms with E-state index in [0.29, 0.717) is 13.0 Å². The highest BCUT2D eigenvalue weighted by atomic mass is 32.1. The monoisotopic (exact) mass is 314 g/mol. The zero-order chi connectivity index (χ0) is 15.8. The predicted molar refractivity (Wildman–Crippen MR) is 87.7 cm³/mol. The van der Waals surface area contributed by atoms with Gasteiger partial charge in [-0.1, -0.05) is 42.2 Å². The van der Waals surface area contributed by atoms with Crippen molar-refractivity contribution in [1.29, 1.82) is 0 Å². The quantitative estimate of drug-likeness (QED) is 0.695. The zero-order valence-corrected chi connectivity index (χ0v) is 13.5. The van der Waals surface area contributed by atoms with E-state index in [-0.39, 0.29) is 6.61 Å². The van der Waals surface area contributed by atoms with E-state index in [0.717, 1.165) is 21.1 Å². The van der Waals surface area contributed by atoms with Gasteiger partial charge in [-0.2, -0.15) is 0 Å². The molecule has 0 spiro atoms. The molecule has 1 aromatic carbocycles. The van der Waals surface area contributed by atoms with Crippen LogP contribution in [0.2, 0.25) is 0 Å². The first-order chi connectivity index (χ1) is 10.6. The van der Waals surface area contributed by atoms with Crippen LogP contribution >= 0.6 is 11.3 Å². The number of carbonyl (C=O) groups is 1. The third kappa shape index (κ3) is 5.23. The molecule has 2 rings (SSSR count). The number of thiazole rings is 1. The SMILES string of the molecule is Cc1nc(C)c(C#CCCNC(=O)OCc2ccccc2)s1. The Morgan fingerprint density at radius 1 is 1.32 bits per heavy atom. The molecule has 22 heavy (non-hydrogen) atoms. The van der Waals surface area contributed by atoms with Crippen molar-refractivity contribution in [3.05, 3.63) is 51.5 Å². The van der Waals surface area contributed by atoms with Crippen LogP contribution in [-0.2, 0) is 11.3 Å². The molecule has 0 saturated heterocycles. The van der Waals surface area contributed by atoms with E-state index in [1.807, 2.05) is 44.2 Å². The Hall–Kier alpha value is -2.32. The van der Waals surface area contributed by atoms with Gasteiger partial charge in [-0.05, 0) is 19.4 Å². The minimum absolute atomic E-state index is 0.275. The Morgan fingerprint density at radius 2 is 2.09 bits per heavy atom. The number of aromatic nitrogens is 1. The third-order valence-corrected chi connectivity index (χ3v) is 3.83. The summed E-state index contributed by atoms with van der Waals surface area (Å²) in [5.41, 5.74) is 1.93. The van der Waals surface area contributed by atoms with Crippen molar-refractivity contribution in [2.24, 2.45) is 0 Å². The summed E-state index contributed by atoms with van der Waals surface area (Å²) < 4.78 is 5.11. The van der Waals surface area contributed by atoms with Gasteiger partial charge in [0.15, 0.2) is 0 Å². The smallest absolute Gasteiger partial charge is 0.407 e. The van der Waals surface area contributed by atoms with Crippen molar-refractivity contribution in [2.45, 2.75) is 26.9 Å². The summed E-state index contributed by atoms with van der Waals surface area (Å²) in [5.74, 6) is 6.11. The fraction of sp³-hybridized carbons (Fsp3) is 0.294. The summed E-state index contributed by atoms with van der Waals surface area (Å²) >= 11 is 1.59. The van der Waals surface area contributed by atoms with E-state index < -0.39 is 6.09 Å². The fourth-order valence-corrected chi connectivity index (χ4v) is 2.59. The Labute approximate surface area is 134 Å². The molecular weight excluding hydrogens is 296 g/mol. The number of aryl methyl sites for hydroxylation is 2. The number of amides is 1.